The zero-order chi connectivity index (χ0) is 13.0. The minimum atomic E-state index is -4.25. The van der Waals surface area contributed by atoms with Gasteiger partial charge in [0.05, 0.1) is 12.9 Å². The van der Waals surface area contributed by atoms with Gasteiger partial charge >= 0.3 is 6.18 Å². The minimum absolute atomic E-state index is 0.0587. The van der Waals surface area contributed by atoms with E-state index in [1.165, 1.54) is 0 Å². The summed E-state index contributed by atoms with van der Waals surface area (Å²) in [6, 6.07) is 2.09. The van der Waals surface area contributed by atoms with Gasteiger partial charge in [-0.3, -0.25) is 0 Å². The van der Waals surface area contributed by atoms with Gasteiger partial charge in [0.15, 0.2) is 0 Å². The van der Waals surface area contributed by atoms with Crippen LogP contribution in [0.2, 0.25) is 0 Å². The highest BCUT2D eigenvalue weighted by molar-refractivity contribution is 5.23. The van der Waals surface area contributed by atoms with Crippen molar-refractivity contribution >= 4 is 0 Å². The average molecular weight is 263 g/mol. The Morgan fingerprint density at radius 1 is 1.44 bits per heavy atom. The summed E-state index contributed by atoms with van der Waals surface area (Å²) in [5.41, 5.74) is 1.12. The van der Waals surface area contributed by atoms with Crippen molar-refractivity contribution in [2.45, 2.75) is 31.5 Å². The van der Waals surface area contributed by atoms with Gasteiger partial charge in [-0.2, -0.15) is 13.2 Å². The normalized spacial score (nSPS) is 19.8. The van der Waals surface area contributed by atoms with Gasteiger partial charge in [0, 0.05) is 24.6 Å². The molecule has 1 unspecified atom stereocenters. The van der Waals surface area contributed by atoms with E-state index < -0.39 is 12.8 Å². The van der Waals surface area contributed by atoms with Crippen LogP contribution in [0.3, 0.4) is 0 Å². The zero-order valence-electron chi connectivity index (χ0n) is 9.93. The van der Waals surface area contributed by atoms with E-state index in [2.05, 4.69) is 10.1 Å². The number of furan rings is 1. The number of halogens is 3. The molecule has 0 saturated carbocycles. The van der Waals surface area contributed by atoms with Crippen molar-refractivity contribution in [3.8, 4) is 0 Å². The fourth-order valence-electron chi connectivity index (χ4n) is 2.19. The average Bonchev–Trinajstić information content (AvgIpc) is 2.75. The Labute approximate surface area is 103 Å². The SMILES string of the molecule is FC(F)(F)COCCNC1CCCc2occc21. The first-order chi connectivity index (χ1) is 8.56. The number of rotatable bonds is 5. The lowest BCUT2D eigenvalue weighted by molar-refractivity contribution is -0.173. The molecule has 0 aliphatic heterocycles. The number of ether oxygens (including phenoxy) is 1. The molecule has 0 bridgehead atoms. The van der Waals surface area contributed by atoms with Crippen molar-refractivity contribution in [1.29, 1.82) is 0 Å². The van der Waals surface area contributed by atoms with Crippen molar-refractivity contribution in [3.05, 3.63) is 23.7 Å². The molecule has 0 radical (unpaired) electrons. The lowest BCUT2D eigenvalue weighted by Crippen LogP contribution is -2.29. The zero-order valence-corrected chi connectivity index (χ0v) is 9.93. The smallest absolute Gasteiger partial charge is 0.411 e. The van der Waals surface area contributed by atoms with Crippen molar-refractivity contribution in [3.63, 3.8) is 0 Å². The Morgan fingerprint density at radius 3 is 3.06 bits per heavy atom. The molecule has 0 aromatic carbocycles. The van der Waals surface area contributed by atoms with Crippen LogP contribution in [0, 0.1) is 0 Å². The van der Waals surface area contributed by atoms with Crippen LogP contribution < -0.4 is 5.32 Å². The number of hydrogen-bond donors (Lipinski definition) is 1. The molecule has 0 spiro atoms. The van der Waals surface area contributed by atoms with Gasteiger partial charge in [0.1, 0.15) is 12.4 Å². The van der Waals surface area contributed by atoms with E-state index in [1.807, 2.05) is 6.07 Å². The Hall–Kier alpha value is -1.01. The summed E-state index contributed by atoms with van der Waals surface area (Å²) in [6.07, 6.45) is 0.353. The van der Waals surface area contributed by atoms with Gasteiger partial charge in [0.25, 0.3) is 0 Å². The standard InChI is InChI=1S/C12H16F3NO2/c13-12(14,15)8-17-7-5-16-10-2-1-3-11-9(10)4-6-18-11/h4,6,10,16H,1-3,5,7-8H2. The summed E-state index contributed by atoms with van der Waals surface area (Å²) in [5.74, 6) is 0.981. The maximum absolute atomic E-state index is 11.8. The molecule has 1 N–H and O–H groups in total. The van der Waals surface area contributed by atoms with Crippen LogP contribution in [-0.2, 0) is 11.2 Å². The number of aryl methyl sites for hydroxylation is 1. The second kappa shape index (κ2) is 5.75. The molecule has 0 fully saturated rings. The van der Waals surface area contributed by atoms with E-state index in [0.717, 1.165) is 30.6 Å². The van der Waals surface area contributed by atoms with Crippen LogP contribution >= 0.6 is 0 Å². The first-order valence-corrected chi connectivity index (χ1v) is 6.00. The Balaban J connectivity index is 1.69. The fraction of sp³-hybridized carbons (Fsp3) is 0.667. The number of alkyl halides is 3. The second-order valence-corrected chi connectivity index (χ2v) is 4.37. The highest BCUT2D eigenvalue weighted by atomic mass is 19.4. The van der Waals surface area contributed by atoms with Gasteiger partial charge in [-0.15, -0.1) is 0 Å². The first-order valence-electron chi connectivity index (χ1n) is 6.00. The van der Waals surface area contributed by atoms with Gasteiger partial charge in [0.2, 0.25) is 0 Å². The third-order valence-corrected chi connectivity index (χ3v) is 2.95. The van der Waals surface area contributed by atoms with Gasteiger partial charge in [-0.25, -0.2) is 0 Å². The lowest BCUT2D eigenvalue weighted by atomic mass is 9.93. The maximum atomic E-state index is 11.8. The molecular weight excluding hydrogens is 247 g/mol. The van der Waals surface area contributed by atoms with Gasteiger partial charge < -0.3 is 14.5 Å². The van der Waals surface area contributed by atoms with Crippen LogP contribution in [0.25, 0.3) is 0 Å². The molecular formula is C12H16F3NO2. The minimum Gasteiger partial charge on any atom is -0.469 e. The molecule has 1 atom stereocenters. The molecule has 1 aromatic heterocycles. The van der Waals surface area contributed by atoms with Crippen molar-refractivity contribution in [2.75, 3.05) is 19.8 Å². The van der Waals surface area contributed by atoms with E-state index in [1.54, 1.807) is 6.26 Å². The Morgan fingerprint density at radius 2 is 2.28 bits per heavy atom. The van der Waals surface area contributed by atoms with Gasteiger partial charge in [-0.1, -0.05) is 0 Å². The number of nitrogens with one attached hydrogen (secondary N) is 1. The lowest BCUT2D eigenvalue weighted by Gasteiger charge is -2.22. The third kappa shape index (κ3) is 3.74. The van der Waals surface area contributed by atoms with Crippen LogP contribution in [-0.4, -0.2) is 25.9 Å². The molecule has 1 aromatic rings. The molecule has 18 heavy (non-hydrogen) atoms. The molecule has 3 nitrogen and oxygen atoms in total. The summed E-state index contributed by atoms with van der Waals surface area (Å²) in [7, 11) is 0. The number of fused-ring (bicyclic) bond motifs is 1. The first kappa shape index (κ1) is 13.4. The van der Waals surface area contributed by atoms with Crippen LogP contribution in [0.5, 0.6) is 0 Å². The van der Waals surface area contributed by atoms with Gasteiger partial charge in [-0.05, 0) is 18.9 Å². The second-order valence-electron chi connectivity index (χ2n) is 4.37. The van der Waals surface area contributed by atoms with E-state index >= 15 is 0 Å². The summed E-state index contributed by atoms with van der Waals surface area (Å²) < 4.78 is 45.4. The molecule has 0 amide bonds. The molecule has 1 aliphatic rings. The predicted molar refractivity (Wildman–Crippen MR) is 59.3 cm³/mol. The number of hydrogen-bond acceptors (Lipinski definition) is 3. The van der Waals surface area contributed by atoms with E-state index in [4.69, 9.17) is 4.42 Å². The highest BCUT2D eigenvalue weighted by Gasteiger charge is 2.27. The third-order valence-electron chi connectivity index (χ3n) is 2.95. The summed E-state index contributed by atoms with van der Waals surface area (Å²) in [4.78, 5) is 0. The largest absolute Gasteiger partial charge is 0.469 e. The molecule has 6 heteroatoms. The predicted octanol–water partition coefficient (Wildman–Crippen LogP) is 2.83. The van der Waals surface area contributed by atoms with Crippen molar-refractivity contribution < 1.29 is 22.3 Å². The summed E-state index contributed by atoms with van der Waals surface area (Å²) in [6.45, 7) is -0.717. The van der Waals surface area contributed by atoms with Crippen LogP contribution in [0.4, 0.5) is 13.2 Å². The molecule has 2 rings (SSSR count). The van der Waals surface area contributed by atoms with E-state index in [0.29, 0.717) is 6.54 Å². The highest BCUT2D eigenvalue weighted by Crippen LogP contribution is 2.30. The summed E-state index contributed by atoms with van der Waals surface area (Å²) >= 11 is 0. The topological polar surface area (TPSA) is 34.4 Å². The quantitative estimate of drug-likeness (QED) is 0.829. The van der Waals surface area contributed by atoms with E-state index in [9.17, 15) is 13.2 Å². The Kier molecular flexibility index (Phi) is 4.29. The fourth-order valence-corrected chi connectivity index (χ4v) is 2.19. The molecule has 102 valence electrons. The maximum Gasteiger partial charge on any atom is 0.411 e. The molecule has 0 saturated heterocycles. The van der Waals surface area contributed by atoms with Crippen LogP contribution in [0.1, 0.15) is 30.2 Å². The van der Waals surface area contributed by atoms with Crippen molar-refractivity contribution in [1.82, 2.24) is 5.32 Å². The summed E-state index contributed by atoms with van der Waals surface area (Å²) in [5, 5.41) is 3.20. The van der Waals surface area contributed by atoms with Crippen molar-refractivity contribution in [2.24, 2.45) is 0 Å². The Bertz CT molecular complexity index is 376. The monoisotopic (exact) mass is 263 g/mol. The van der Waals surface area contributed by atoms with E-state index in [-0.39, 0.29) is 12.6 Å². The molecule has 1 heterocycles. The molecule has 1 aliphatic carbocycles. The van der Waals surface area contributed by atoms with Crippen LogP contribution in [0.15, 0.2) is 16.7 Å².